The Morgan fingerprint density at radius 2 is 1.86 bits per heavy atom. The van der Waals surface area contributed by atoms with Gasteiger partial charge >= 0.3 is 11.9 Å². The summed E-state index contributed by atoms with van der Waals surface area (Å²) in [5.41, 5.74) is -2.27. The smallest absolute Gasteiger partial charge is 0.306 e. The van der Waals surface area contributed by atoms with Gasteiger partial charge in [-0.1, -0.05) is 46.3 Å². The summed E-state index contributed by atoms with van der Waals surface area (Å²) in [4.78, 5) is 49.8. The first-order chi connectivity index (χ1) is 17.3. The first-order valence-electron chi connectivity index (χ1n) is 13.5. The molecule has 1 N–H and O–H groups in total. The Kier molecular flexibility index (Phi) is 7.30. The Balaban J connectivity index is 1.77. The summed E-state index contributed by atoms with van der Waals surface area (Å²) in [6.45, 7) is 8.84. The quantitative estimate of drug-likeness (QED) is 0.379. The molecular weight excluding hydrogens is 496 g/mol. The maximum Gasteiger partial charge on any atom is 0.306 e. The molecule has 204 valence electrons. The van der Waals surface area contributed by atoms with E-state index in [1.807, 2.05) is 33.8 Å². The van der Waals surface area contributed by atoms with Gasteiger partial charge in [0.2, 0.25) is 5.78 Å². The molecule has 4 aliphatic rings. The van der Waals surface area contributed by atoms with Crippen molar-refractivity contribution in [3.8, 4) is 0 Å². The predicted octanol–water partition coefficient (Wildman–Crippen LogP) is 4.48. The van der Waals surface area contributed by atoms with Crippen molar-refractivity contribution in [2.75, 3.05) is 6.61 Å². The van der Waals surface area contributed by atoms with E-state index in [1.54, 1.807) is 13.0 Å². The Morgan fingerprint density at radius 3 is 2.51 bits per heavy atom. The van der Waals surface area contributed by atoms with Crippen LogP contribution in [0.2, 0.25) is 0 Å². The Bertz CT molecular complexity index is 1060. The molecule has 0 bridgehead atoms. The summed E-state index contributed by atoms with van der Waals surface area (Å²) in [6, 6.07) is 0. The first kappa shape index (κ1) is 28.0. The second kappa shape index (κ2) is 9.64. The van der Waals surface area contributed by atoms with Crippen molar-refractivity contribution in [1.29, 1.82) is 0 Å². The van der Waals surface area contributed by atoms with Crippen LogP contribution in [0.5, 0.6) is 0 Å². The Hall–Kier alpha value is -1.99. The highest BCUT2D eigenvalue weighted by molar-refractivity contribution is 6.26. The zero-order valence-corrected chi connectivity index (χ0v) is 23.2. The molecule has 4 aliphatic carbocycles. The van der Waals surface area contributed by atoms with Gasteiger partial charge in [0, 0.05) is 29.6 Å². The fourth-order valence-electron chi connectivity index (χ4n) is 8.18. The van der Waals surface area contributed by atoms with E-state index < -0.39 is 51.7 Å². The second-order valence-electron chi connectivity index (χ2n) is 11.8. The number of hydrogen-bond donors (Lipinski definition) is 1. The number of Topliss-reactive ketones (excluding diaryl/α,β-unsaturated/α-hetero) is 1. The van der Waals surface area contributed by atoms with Crippen molar-refractivity contribution in [3.05, 3.63) is 23.8 Å². The van der Waals surface area contributed by atoms with E-state index in [2.05, 4.69) is 0 Å². The van der Waals surface area contributed by atoms with Crippen LogP contribution in [0.3, 0.4) is 0 Å². The molecule has 0 unspecified atom stereocenters. The largest absolute Gasteiger partial charge is 0.457 e. The molecule has 3 fully saturated rings. The number of carbonyl (C=O) groups excluding carboxylic acids is 4. The summed E-state index contributed by atoms with van der Waals surface area (Å²) < 4.78 is 11.4. The molecule has 0 aromatic carbocycles. The number of aliphatic hydroxyl groups excluding tert-OH is 1. The van der Waals surface area contributed by atoms with Crippen LogP contribution in [0.4, 0.5) is 0 Å². The van der Waals surface area contributed by atoms with Gasteiger partial charge in [0.05, 0.1) is 11.0 Å². The minimum atomic E-state index is -1.55. The lowest BCUT2D eigenvalue weighted by Gasteiger charge is -2.64. The average Bonchev–Trinajstić information content (AvgIpc) is 3.06. The molecule has 8 atom stereocenters. The zero-order chi connectivity index (χ0) is 27.4. The average molecular weight is 535 g/mol. The molecule has 0 aromatic heterocycles. The SMILES string of the molecule is CCCC(=O)OCC(=O)[C@]1(OC(=O)CC)[C@H](C)C[C@H]2[C@@H]3CCC4=CC(=O)C=C[C@]4(C)[C@@]3(Cl)[C@@H](O)C[C@@]21C. The normalized spacial score (nSPS) is 42.2. The first-order valence-corrected chi connectivity index (χ1v) is 13.9. The number of rotatable bonds is 7. The number of aliphatic hydroxyl groups is 1. The minimum absolute atomic E-state index is 0.0791. The highest BCUT2D eigenvalue weighted by Crippen LogP contribution is 2.72. The molecule has 0 saturated heterocycles. The van der Waals surface area contributed by atoms with Crippen LogP contribution in [-0.2, 0) is 28.7 Å². The number of hydrogen-bond acceptors (Lipinski definition) is 7. The number of ether oxygens (including phenoxy) is 2. The number of allylic oxidation sites excluding steroid dienone is 4. The molecule has 0 radical (unpaired) electrons. The van der Waals surface area contributed by atoms with E-state index in [0.717, 1.165) is 5.57 Å². The molecule has 4 rings (SSSR count). The lowest BCUT2D eigenvalue weighted by atomic mass is 9.45. The van der Waals surface area contributed by atoms with Crippen molar-refractivity contribution in [2.24, 2.45) is 28.6 Å². The van der Waals surface area contributed by atoms with E-state index in [0.29, 0.717) is 25.7 Å². The lowest BCUT2D eigenvalue weighted by Crippen LogP contribution is -2.69. The molecule has 0 aromatic rings. The predicted molar refractivity (Wildman–Crippen MR) is 138 cm³/mol. The van der Waals surface area contributed by atoms with Gasteiger partial charge in [-0.15, -0.1) is 11.6 Å². The van der Waals surface area contributed by atoms with Gasteiger partial charge in [-0.05, 0) is 56.1 Å². The van der Waals surface area contributed by atoms with E-state index in [-0.39, 0.29) is 42.8 Å². The van der Waals surface area contributed by atoms with E-state index in [4.69, 9.17) is 21.1 Å². The van der Waals surface area contributed by atoms with Crippen LogP contribution >= 0.6 is 11.6 Å². The van der Waals surface area contributed by atoms with E-state index in [1.165, 1.54) is 6.08 Å². The Morgan fingerprint density at radius 1 is 1.16 bits per heavy atom. The number of esters is 2. The summed E-state index contributed by atoms with van der Waals surface area (Å²) in [5, 5.41) is 11.8. The summed E-state index contributed by atoms with van der Waals surface area (Å²) >= 11 is 7.49. The van der Waals surface area contributed by atoms with Crippen molar-refractivity contribution < 1.29 is 33.8 Å². The maximum atomic E-state index is 13.9. The third-order valence-electron chi connectivity index (χ3n) is 9.98. The summed E-state index contributed by atoms with van der Waals surface area (Å²) in [7, 11) is 0. The summed E-state index contributed by atoms with van der Waals surface area (Å²) in [5.74, 6) is -2.19. The molecule has 7 nitrogen and oxygen atoms in total. The molecule has 8 heteroatoms. The highest BCUT2D eigenvalue weighted by Gasteiger charge is 2.76. The van der Waals surface area contributed by atoms with Crippen molar-refractivity contribution in [2.45, 2.75) is 96.1 Å². The Labute approximate surface area is 224 Å². The minimum Gasteiger partial charge on any atom is -0.457 e. The molecule has 37 heavy (non-hydrogen) atoms. The topological polar surface area (TPSA) is 107 Å². The number of fused-ring (bicyclic) bond motifs is 5. The molecule has 3 saturated carbocycles. The monoisotopic (exact) mass is 534 g/mol. The van der Waals surface area contributed by atoms with Crippen molar-refractivity contribution in [1.82, 2.24) is 0 Å². The van der Waals surface area contributed by atoms with Crippen LogP contribution in [-0.4, -0.2) is 51.8 Å². The van der Waals surface area contributed by atoms with Gasteiger partial charge in [-0.25, -0.2) is 0 Å². The fraction of sp³-hybridized carbons (Fsp3) is 0.724. The zero-order valence-electron chi connectivity index (χ0n) is 22.5. The fourth-order valence-corrected chi connectivity index (χ4v) is 8.70. The second-order valence-corrected chi connectivity index (χ2v) is 12.4. The standard InChI is InChI=1S/C29H39ClO7/c1-6-8-25(35)36-16-23(33)29(37-24(34)7-2)17(3)13-21-20-10-9-18-14-19(31)11-12-26(18,4)28(20,30)22(32)15-27(21,29)5/h11-12,14,17,20-22,32H,6-10,13,15-16H2,1-5H3/t17-,20+,21+,22+,26+,27+,28+,29-/m1/s1. The number of carbonyl (C=O) groups is 4. The highest BCUT2D eigenvalue weighted by atomic mass is 35.5. The number of alkyl halides is 1. The third-order valence-corrected chi connectivity index (χ3v) is 10.9. The van der Waals surface area contributed by atoms with Gasteiger partial charge < -0.3 is 14.6 Å². The third kappa shape index (κ3) is 3.86. The van der Waals surface area contributed by atoms with E-state index in [9.17, 15) is 24.3 Å². The number of halogens is 1. The van der Waals surface area contributed by atoms with Gasteiger partial charge in [0.1, 0.15) is 0 Å². The van der Waals surface area contributed by atoms with Gasteiger partial charge in [0.25, 0.3) is 0 Å². The summed E-state index contributed by atoms with van der Waals surface area (Å²) in [6.07, 6.45) is 6.86. The molecule has 0 heterocycles. The van der Waals surface area contributed by atoms with Crippen molar-refractivity contribution >= 4 is 35.1 Å². The number of ketones is 2. The van der Waals surface area contributed by atoms with Crippen molar-refractivity contribution in [3.63, 3.8) is 0 Å². The molecule has 0 aliphatic heterocycles. The molecule has 0 amide bonds. The van der Waals surface area contributed by atoms with Crippen LogP contribution in [0.15, 0.2) is 23.8 Å². The van der Waals surface area contributed by atoms with Gasteiger partial charge in [-0.2, -0.15) is 0 Å². The van der Waals surface area contributed by atoms with Crippen LogP contribution in [0, 0.1) is 28.6 Å². The maximum absolute atomic E-state index is 13.9. The molecule has 0 spiro atoms. The van der Waals surface area contributed by atoms with E-state index >= 15 is 0 Å². The van der Waals surface area contributed by atoms with Gasteiger partial charge in [0.15, 0.2) is 18.0 Å². The van der Waals surface area contributed by atoms with Crippen LogP contribution < -0.4 is 0 Å². The lowest BCUT2D eigenvalue weighted by molar-refractivity contribution is -0.203. The van der Waals surface area contributed by atoms with Gasteiger partial charge in [-0.3, -0.25) is 19.2 Å². The van der Waals surface area contributed by atoms with Crippen LogP contribution in [0.1, 0.15) is 79.6 Å². The molecular formula is C29H39ClO7. The van der Waals surface area contributed by atoms with Crippen LogP contribution in [0.25, 0.3) is 0 Å².